The zero-order valence-electron chi connectivity index (χ0n) is 40.1. The van der Waals surface area contributed by atoms with Gasteiger partial charge in [0.15, 0.2) is 25.2 Å². The minimum absolute atomic E-state index is 0.297. The molecule has 4 fully saturated rings. The number of rotatable bonds is 14. The van der Waals surface area contributed by atoms with E-state index < -0.39 is 86.2 Å². The fraction of sp³-hybridized carbons (Fsp3) is 0.276. The molecule has 0 spiro atoms. The van der Waals surface area contributed by atoms with Crippen LogP contribution in [0.5, 0.6) is 0 Å². The third-order valence-corrected chi connectivity index (χ3v) is 12.9. The number of ether oxygens (including phenoxy) is 10. The third kappa shape index (κ3) is 13.7. The molecule has 12 atom stereocenters. The van der Waals surface area contributed by atoms with Gasteiger partial charge in [0.05, 0.1) is 13.2 Å². The van der Waals surface area contributed by atoms with E-state index in [-0.39, 0.29) is 0 Å². The van der Waals surface area contributed by atoms with Crippen molar-refractivity contribution in [3.05, 3.63) is 227 Å². The summed E-state index contributed by atoms with van der Waals surface area (Å²) < 4.78 is 62.0. The highest BCUT2D eigenvalue weighted by Gasteiger charge is 2.51. The van der Waals surface area contributed by atoms with Crippen molar-refractivity contribution in [3.63, 3.8) is 0 Å². The lowest BCUT2D eigenvalue weighted by atomic mass is 9.97. The molecule has 2 N–H and O–H groups in total. The summed E-state index contributed by atoms with van der Waals surface area (Å²) in [5.41, 5.74) is 4.58. The first kappa shape index (κ1) is 52.5. The lowest BCUT2D eigenvalue weighted by molar-refractivity contribution is -0.372. The van der Waals surface area contributed by atoms with Crippen molar-refractivity contribution in [1.29, 1.82) is 0 Å². The molecule has 6 aromatic carbocycles. The average Bonchev–Trinajstić information content (AvgIpc) is 3.44. The number of halogens is 2. The Morgan fingerprint density at radius 1 is 0.473 bits per heavy atom. The Morgan fingerprint density at radius 2 is 0.797 bits per heavy atom. The minimum Gasteiger partial charge on any atom is -0.443 e. The number of carbonyl (C=O) groups excluding carboxylic acids is 2. The maximum absolute atomic E-state index is 12.9. The zero-order chi connectivity index (χ0) is 51.2. The van der Waals surface area contributed by atoms with Gasteiger partial charge in [-0.25, -0.2) is 9.59 Å². The fourth-order valence-electron chi connectivity index (χ4n) is 8.89. The van der Waals surface area contributed by atoms with Gasteiger partial charge in [-0.2, -0.15) is 0 Å². The summed E-state index contributed by atoms with van der Waals surface area (Å²) >= 11 is 11.9. The molecule has 4 heterocycles. The maximum atomic E-state index is 12.9. The van der Waals surface area contributed by atoms with Crippen LogP contribution in [0.4, 0.5) is 21.0 Å². The number of anilines is 2. The summed E-state index contributed by atoms with van der Waals surface area (Å²) in [5.74, 6) is 0. The second-order valence-corrected chi connectivity index (χ2v) is 18.5. The van der Waals surface area contributed by atoms with Crippen LogP contribution in [-0.4, -0.2) is 74.2 Å². The van der Waals surface area contributed by atoms with Crippen molar-refractivity contribution in [3.8, 4) is 0 Å². The molecule has 10 rings (SSSR count). The van der Waals surface area contributed by atoms with Crippen LogP contribution < -0.4 is 10.6 Å². The van der Waals surface area contributed by atoms with Crippen LogP contribution in [0.3, 0.4) is 0 Å². The lowest BCUT2D eigenvalue weighted by Crippen LogP contribution is -2.58. The summed E-state index contributed by atoms with van der Waals surface area (Å²) in [6, 6.07) is 52.1. The van der Waals surface area contributed by atoms with Gasteiger partial charge in [-0.05, 0) is 48.5 Å². The van der Waals surface area contributed by atoms with Crippen LogP contribution in [-0.2, 0) is 47.4 Å². The molecule has 4 aliphatic rings. The van der Waals surface area contributed by atoms with Crippen molar-refractivity contribution < 1.29 is 57.0 Å². The SMILES string of the molecule is C=CCC(OC(=O)Nc1ccc(Cl)cc1)C1OC(c2ccccc2)OC2COC(c3ccccc3)OC21.C=CCC(OC(=O)Nc1ccc(Cl)cc1)C1OC(c2ccccc2)OC2COC(c3ccccc3)OC21. The smallest absolute Gasteiger partial charge is 0.411 e. The Labute approximate surface area is 440 Å². The molecule has 0 bridgehead atoms. The first-order valence-electron chi connectivity index (χ1n) is 24.2. The second kappa shape index (κ2) is 25.7. The molecule has 4 saturated heterocycles. The second-order valence-electron chi connectivity index (χ2n) is 17.6. The maximum Gasteiger partial charge on any atom is 0.411 e. The molecule has 0 radical (unpaired) electrons. The van der Waals surface area contributed by atoms with E-state index in [0.717, 1.165) is 22.3 Å². The molecular weight excluding hydrogens is 988 g/mol. The Hall–Kier alpha value is -6.40. The largest absolute Gasteiger partial charge is 0.443 e. The van der Waals surface area contributed by atoms with Crippen LogP contribution in [0, 0.1) is 0 Å². The predicted octanol–water partition coefficient (Wildman–Crippen LogP) is 12.9. The number of nitrogens with one attached hydrogen (secondary N) is 2. The predicted molar refractivity (Wildman–Crippen MR) is 278 cm³/mol. The van der Waals surface area contributed by atoms with Crippen molar-refractivity contribution in [1.82, 2.24) is 0 Å². The van der Waals surface area contributed by atoms with E-state index in [2.05, 4.69) is 23.8 Å². The summed E-state index contributed by atoms with van der Waals surface area (Å²) in [6.07, 6.45) is -4.34. The van der Waals surface area contributed by atoms with Crippen molar-refractivity contribution in [2.24, 2.45) is 0 Å². The van der Waals surface area contributed by atoms with E-state index >= 15 is 0 Å². The van der Waals surface area contributed by atoms with Crippen LogP contribution in [0.2, 0.25) is 10.0 Å². The summed E-state index contributed by atoms with van der Waals surface area (Å²) in [6.45, 7) is 8.32. The summed E-state index contributed by atoms with van der Waals surface area (Å²) in [7, 11) is 0. The van der Waals surface area contributed by atoms with Crippen LogP contribution in [0.1, 0.15) is 60.3 Å². The minimum atomic E-state index is -0.693. The monoisotopic (exact) mass is 1040 g/mol. The number of hydrogen-bond acceptors (Lipinski definition) is 12. The number of amides is 2. The van der Waals surface area contributed by atoms with Gasteiger partial charge in [-0.3, -0.25) is 10.6 Å². The van der Waals surface area contributed by atoms with Gasteiger partial charge in [0.25, 0.3) is 0 Å². The Balaban J connectivity index is 0.000000182. The first-order chi connectivity index (χ1) is 36.2. The Kier molecular flexibility index (Phi) is 18.2. The molecule has 74 heavy (non-hydrogen) atoms. The molecule has 0 saturated carbocycles. The van der Waals surface area contributed by atoms with Gasteiger partial charge in [0, 0.05) is 56.5 Å². The molecular formula is C58H56Cl2N2O12. The molecule has 12 unspecified atom stereocenters. The number of benzene rings is 6. The normalized spacial score (nSPS) is 25.9. The quantitative estimate of drug-likeness (QED) is 0.1000. The first-order valence-corrected chi connectivity index (χ1v) is 25.0. The van der Waals surface area contributed by atoms with Gasteiger partial charge in [-0.1, -0.05) is 157 Å². The van der Waals surface area contributed by atoms with Crippen molar-refractivity contribution >= 4 is 46.8 Å². The average molecular weight is 1040 g/mol. The van der Waals surface area contributed by atoms with E-state index in [1.54, 1.807) is 60.7 Å². The summed E-state index contributed by atoms with van der Waals surface area (Å²) in [5, 5.41) is 6.62. The van der Waals surface area contributed by atoms with E-state index in [9.17, 15) is 9.59 Å². The highest BCUT2D eigenvalue weighted by Crippen LogP contribution is 2.42. The summed E-state index contributed by atoms with van der Waals surface area (Å²) in [4.78, 5) is 25.7. The number of fused-ring (bicyclic) bond motifs is 2. The standard InChI is InChI=1S/2C29H28ClNO6/c2*1-2-9-23(35-29(32)31-22-16-14-21(30)15-17-22)25-26-24(34-28(37-25)20-12-7-4-8-13-20)18-33-27(36-26)19-10-5-3-6-11-19/h2*2-8,10-17,23-28H,1,9,18H2,(H,31,32). The highest BCUT2D eigenvalue weighted by atomic mass is 35.5. The van der Waals surface area contributed by atoms with Crippen LogP contribution in [0.15, 0.2) is 195 Å². The van der Waals surface area contributed by atoms with E-state index in [0.29, 0.717) is 47.5 Å². The van der Waals surface area contributed by atoms with Gasteiger partial charge >= 0.3 is 12.2 Å². The van der Waals surface area contributed by atoms with Gasteiger partial charge in [-0.15, -0.1) is 13.2 Å². The van der Waals surface area contributed by atoms with Crippen molar-refractivity contribution in [2.75, 3.05) is 23.8 Å². The van der Waals surface area contributed by atoms with E-state index in [1.807, 2.05) is 121 Å². The topological polar surface area (TPSA) is 150 Å². The molecule has 16 heteroatoms. The lowest BCUT2D eigenvalue weighted by Gasteiger charge is -2.47. The van der Waals surface area contributed by atoms with Gasteiger partial charge < -0.3 is 47.4 Å². The number of carbonyl (C=O) groups is 2. The van der Waals surface area contributed by atoms with Gasteiger partial charge in [0.2, 0.25) is 0 Å². The zero-order valence-corrected chi connectivity index (χ0v) is 41.7. The molecule has 384 valence electrons. The molecule has 0 aromatic heterocycles. The van der Waals surface area contributed by atoms with E-state index in [4.69, 9.17) is 70.6 Å². The van der Waals surface area contributed by atoms with Gasteiger partial charge in [0.1, 0.15) is 48.8 Å². The fourth-order valence-corrected chi connectivity index (χ4v) is 9.14. The molecule has 0 aliphatic carbocycles. The van der Waals surface area contributed by atoms with E-state index in [1.165, 1.54) is 0 Å². The van der Waals surface area contributed by atoms with Crippen LogP contribution >= 0.6 is 23.2 Å². The highest BCUT2D eigenvalue weighted by molar-refractivity contribution is 6.31. The van der Waals surface area contributed by atoms with Crippen LogP contribution in [0.25, 0.3) is 0 Å². The molecule has 6 aromatic rings. The number of hydrogen-bond donors (Lipinski definition) is 2. The Morgan fingerprint density at radius 3 is 1.12 bits per heavy atom. The molecule has 2 amide bonds. The van der Waals surface area contributed by atoms with Crippen molar-refractivity contribution in [2.45, 2.75) is 86.8 Å². The molecule has 4 aliphatic heterocycles. The molecule has 14 nitrogen and oxygen atoms in total. The Bertz CT molecular complexity index is 2540. The third-order valence-electron chi connectivity index (χ3n) is 12.4.